The summed E-state index contributed by atoms with van der Waals surface area (Å²) in [6.07, 6.45) is 1.26. The van der Waals surface area contributed by atoms with Gasteiger partial charge in [0.2, 0.25) is 0 Å². The number of hydrogen-bond acceptors (Lipinski definition) is 3. The van der Waals surface area contributed by atoms with Crippen LogP contribution in [0.3, 0.4) is 0 Å². The van der Waals surface area contributed by atoms with Crippen molar-refractivity contribution in [1.82, 2.24) is 0 Å². The van der Waals surface area contributed by atoms with Gasteiger partial charge in [-0.1, -0.05) is 15.9 Å². The van der Waals surface area contributed by atoms with Crippen LogP contribution in [0.4, 0.5) is 5.69 Å². The number of nitrogens with one attached hydrogen (secondary N) is 1. The molecule has 5 heteroatoms. The van der Waals surface area contributed by atoms with Crippen LogP contribution in [-0.4, -0.2) is 18.6 Å². The van der Waals surface area contributed by atoms with E-state index in [0.717, 1.165) is 17.3 Å². The van der Waals surface area contributed by atoms with Crippen LogP contribution in [0.1, 0.15) is 18.4 Å². The van der Waals surface area contributed by atoms with Crippen LogP contribution < -0.4 is 5.32 Å². The molecule has 0 aromatic heterocycles. The zero-order valence-corrected chi connectivity index (χ0v) is 10.7. The number of carbonyl (C=O) groups excluding carboxylic acids is 1. The number of ether oxygens (including phenoxy) is 1. The first kappa shape index (κ1) is 12.1. The molecule has 1 saturated heterocycles. The molecule has 2 rings (SSSR count). The van der Waals surface area contributed by atoms with Gasteiger partial charge in [-0.15, -0.1) is 0 Å². The van der Waals surface area contributed by atoms with Crippen molar-refractivity contribution < 1.29 is 9.53 Å². The fraction of sp³-hybridized carbons (Fsp3) is 0.333. The third kappa shape index (κ3) is 2.84. The lowest BCUT2D eigenvalue weighted by molar-refractivity contribution is -0.124. The number of benzene rings is 1. The zero-order valence-electron chi connectivity index (χ0n) is 9.07. The molecule has 1 atom stereocenters. The molecule has 1 aromatic rings. The Morgan fingerprint density at radius 2 is 2.41 bits per heavy atom. The molecule has 1 N–H and O–H groups in total. The average molecular weight is 295 g/mol. The van der Waals surface area contributed by atoms with Gasteiger partial charge in [0.05, 0.1) is 11.3 Å². The number of nitriles is 1. The van der Waals surface area contributed by atoms with Gasteiger partial charge in [0.15, 0.2) is 0 Å². The lowest BCUT2D eigenvalue weighted by Crippen LogP contribution is -2.27. The van der Waals surface area contributed by atoms with Crippen molar-refractivity contribution in [1.29, 1.82) is 5.26 Å². The smallest absolute Gasteiger partial charge is 0.253 e. The fourth-order valence-electron chi connectivity index (χ4n) is 1.72. The van der Waals surface area contributed by atoms with E-state index in [9.17, 15) is 4.79 Å². The van der Waals surface area contributed by atoms with Gasteiger partial charge in [-0.05, 0) is 31.0 Å². The van der Waals surface area contributed by atoms with Crippen molar-refractivity contribution in [2.24, 2.45) is 0 Å². The second-order valence-electron chi connectivity index (χ2n) is 3.79. The molecule has 0 aliphatic carbocycles. The predicted octanol–water partition coefficient (Wildman–Crippen LogP) is 2.44. The van der Waals surface area contributed by atoms with Gasteiger partial charge in [0.1, 0.15) is 12.2 Å². The van der Waals surface area contributed by atoms with Crippen LogP contribution in [-0.2, 0) is 9.53 Å². The predicted molar refractivity (Wildman–Crippen MR) is 66.5 cm³/mol. The van der Waals surface area contributed by atoms with Crippen LogP contribution in [0.25, 0.3) is 0 Å². The molecule has 0 bridgehead atoms. The number of amides is 1. The molecule has 4 nitrogen and oxygen atoms in total. The first-order valence-corrected chi connectivity index (χ1v) is 6.12. The Balaban J connectivity index is 2.13. The maximum absolute atomic E-state index is 11.8. The minimum absolute atomic E-state index is 0.179. The van der Waals surface area contributed by atoms with E-state index in [1.807, 2.05) is 6.07 Å². The Hall–Kier alpha value is -1.38. The van der Waals surface area contributed by atoms with Crippen molar-refractivity contribution in [3.8, 4) is 6.07 Å². The normalized spacial score (nSPS) is 18.7. The van der Waals surface area contributed by atoms with Crippen molar-refractivity contribution in [3.63, 3.8) is 0 Å². The number of nitrogens with zero attached hydrogens (tertiary/aromatic N) is 1. The van der Waals surface area contributed by atoms with Gasteiger partial charge in [-0.3, -0.25) is 4.79 Å². The molecular weight excluding hydrogens is 284 g/mol. The SMILES string of the molecule is N#Cc1cc(Br)ccc1NC(=O)C1CCCO1. The summed E-state index contributed by atoms with van der Waals surface area (Å²) in [7, 11) is 0. The van der Waals surface area contributed by atoms with Crippen LogP contribution >= 0.6 is 15.9 Å². The molecular formula is C12H11BrN2O2. The fourth-order valence-corrected chi connectivity index (χ4v) is 2.08. The molecule has 1 aromatic carbocycles. The van der Waals surface area contributed by atoms with Crippen LogP contribution in [0.15, 0.2) is 22.7 Å². The summed E-state index contributed by atoms with van der Waals surface area (Å²) in [5, 5.41) is 11.7. The van der Waals surface area contributed by atoms with Crippen molar-refractivity contribution in [2.45, 2.75) is 18.9 Å². The Kier molecular flexibility index (Phi) is 3.77. The number of anilines is 1. The molecule has 1 aliphatic rings. The molecule has 1 fully saturated rings. The summed E-state index contributed by atoms with van der Waals surface area (Å²) in [6.45, 7) is 0.629. The number of rotatable bonds is 2. The highest BCUT2D eigenvalue weighted by atomic mass is 79.9. The van der Waals surface area contributed by atoms with Crippen molar-refractivity contribution >= 4 is 27.5 Å². The highest BCUT2D eigenvalue weighted by molar-refractivity contribution is 9.10. The average Bonchev–Trinajstić information content (AvgIpc) is 2.85. The highest BCUT2D eigenvalue weighted by Crippen LogP contribution is 2.21. The van der Waals surface area contributed by atoms with E-state index in [1.165, 1.54) is 0 Å². The molecule has 0 spiro atoms. The first-order valence-electron chi connectivity index (χ1n) is 5.33. The van der Waals surface area contributed by atoms with E-state index >= 15 is 0 Å². The standard InChI is InChI=1S/C12H11BrN2O2/c13-9-3-4-10(8(6-9)7-14)15-12(16)11-2-1-5-17-11/h3-4,6,11H,1-2,5H2,(H,15,16). The quantitative estimate of drug-likeness (QED) is 0.911. The van der Waals surface area contributed by atoms with Gasteiger partial charge in [-0.2, -0.15) is 5.26 Å². The zero-order chi connectivity index (χ0) is 12.3. The molecule has 0 radical (unpaired) electrons. The third-order valence-electron chi connectivity index (χ3n) is 2.58. The Morgan fingerprint density at radius 1 is 1.59 bits per heavy atom. The minimum Gasteiger partial charge on any atom is -0.368 e. The molecule has 1 unspecified atom stereocenters. The van der Waals surface area contributed by atoms with Crippen molar-refractivity contribution in [3.05, 3.63) is 28.2 Å². The second kappa shape index (κ2) is 5.30. The summed E-state index contributed by atoms with van der Waals surface area (Å²) in [4.78, 5) is 11.8. The molecule has 0 saturated carbocycles. The number of halogens is 1. The number of carbonyl (C=O) groups is 1. The maximum atomic E-state index is 11.8. The van der Waals surface area contributed by atoms with Crippen LogP contribution in [0.5, 0.6) is 0 Å². The van der Waals surface area contributed by atoms with Gasteiger partial charge in [0.25, 0.3) is 5.91 Å². The van der Waals surface area contributed by atoms with Crippen LogP contribution in [0, 0.1) is 11.3 Å². The van der Waals surface area contributed by atoms with Gasteiger partial charge < -0.3 is 10.1 Å². The lowest BCUT2D eigenvalue weighted by atomic mass is 10.1. The summed E-state index contributed by atoms with van der Waals surface area (Å²) >= 11 is 3.28. The third-order valence-corrected chi connectivity index (χ3v) is 3.08. The molecule has 1 heterocycles. The molecule has 1 amide bonds. The van der Waals surface area contributed by atoms with Gasteiger partial charge in [0, 0.05) is 11.1 Å². The highest BCUT2D eigenvalue weighted by Gasteiger charge is 2.24. The van der Waals surface area contributed by atoms with E-state index in [2.05, 4.69) is 21.2 Å². The first-order chi connectivity index (χ1) is 8.20. The van der Waals surface area contributed by atoms with Crippen LogP contribution in [0.2, 0.25) is 0 Å². The van der Waals surface area contributed by atoms with E-state index < -0.39 is 0 Å². The van der Waals surface area contributed by atoms with E-state index in [4.69, 9.17) is 10.00 Å². The van der Waals surface area contributed by atoms with Gasteiger partial charge >= 0.3 is 0 Å². The summed E-state index contributed by atoms with van der Waals surface area (Å²) < 4.78 is 6.09. The minimum atomic E-state index is -0.384. The van der Waals surface area contributed by atoms with E-state index in [1.54, 1.807) is 18.2 Å². The monoisotopic (exact) mass is 294 g/mol. The van der Waals surface area contributed by atoms with E-state index in [-0.39, 0.29) is 12.0 Å². The summed E-state index contributed by atoms with van der Waals surface area (Å²) in [5.74, 6) is -0.179. The maximum Gasteiger partial charge on any atom is 0.253 e. The summed E-state index contributed by atoms with van der Waals surface area (Å²) in [6, 6.07) is 7.21. The molecule has 88 valence electrons. The van der Waals surface area contributed by atoms with E-state index in [0.29, 0.717) is 17.9 Å². The number of hydrogen-bond donors (Lipinski definition) is 1. The second-order valence-corrected chi connectivity index (χ2v) is 4.71. The molecule has 17 heavy (non-hydrogen) atoms. The Bertz CT molecular complexity index is 476. The van der Waals surface area contributed by atoms with Gasteiger partial charge in [-0.25, -0.2) is 0 Å². The lowest BCUT2D eigenvalue weighted by Gasteiger charge is -2.11. The Labute approximate surface area is 108 Å². The Morgan fingerprint density at radius 3 is 3.06 bits per heavy atom. The summed E-state index contributed by atoms with van der Waals surface area (Å²) in [5.41, 5.74) is 0.960. The largest absolute Gasteiger partial charge is 0.368 e. The molecule has 1 aliphatic heterocycles. The topological polar surface area (TPSA) is 62.1 Å². The van der Waals surface area contributed by atoms with Crippen molar-refractivity contribution in [2.75, 3.05) is 11.9 Å².